The zero-order valence-electron chi connectivity index (χ0n) is 10.1. The number of likely N-dealkylation sites (N-methyl/N-ethyl adjacent to an activating group) is 1. The summed E-state index contributed by atoms with van der Waals surface area (Å²) in [5.41, 5.74) is 1.28. The third-order valence-corrected chi connectivity index (χ3v) is 5.14. The number of hydrogen-bond acceptors (Lipinski definition) is 3. The Labute approximate surface area is 101 Å². The van der Waals surface area contributed by atoms with Crippen LogP contribution in [0, 0.1) is 24.7 Å². The molecular formula is C13H20N2S. The van der Waals surface area contributed by atoms with Crippen molar-refractivity contribution in [2.24, 2.45) is 17.8 Å². The summed E-state index contributed by atoms with van der Waals surface area (Å²) in [6, 6.07) is 0.648. The first-order valence-electron chi connectivity index (χ1n) is 6.34. The average Bonchev–Trinajstić information content (AvgIpc) is 2.71. The van der Waals surface area contributed by atoms with Gasteiger partial charge >= 0.3 is 0 Å². The summed E-state index contributed by atoms with van der Waals surface area (Å²) in [6.07, 6.45) is 5.55. The monoisotopic (exact) mass is 236 g/mol. The summed E-state index contributed by atoms with van der Waals surface area (Å²) >= 11 is 1.77. The van der Waals surface area contributed by atoms with E-state index in [1.54, 1.807) is 11.3 Å². The standard InChI is InChI=1S/C13H20N2S/c1-8-15-12(7-16-8)6-13(14-2)11-4-9-3-10(9)5-11/h7,9-11,13-14H,3-6H2,1-2H3. The van der Waals surface area contributed by atoms with Gasteiger partial charge in [-0.25, -0.2) is 4.98 Å². The molecule has 2 fully saturated rings. The molecule has 3 heteroatoms. The van der Waals surface area contributed by atoms with Gasteiger partial charge in [0.25, 0.3) is 0 Å². The van der Waals surface area contributed by atoms with Crippen molar-refractivity contribution >= 4 is 11.3 Å². The van der Waals surface area contributed by atoms with Crippen molar-refractivity contribution in [3.05, 3.63) is 16.1 Å². The van der Waals surface area contributed by atoms with Gasteiger partial charge in [-0.3, -0.25) is 0 Å². The maximum absolute atomic E-state index is 4.58. The highest BCUT2D eigenvalue weighted by atomic mass is 32.1. The van der Waals surface area contributed by atoms with E-state index in [9.17, 15) is 0 Å². The van der Waals surface area contributed by atoms with Crippen LogP contribution < -0.4 is 5.32 Å². The molecule has 3 rings (SSSR count). The fraction of sp³-hybridized carbons (Fsp3) is 0.769. The van der Waals surface area contributed by atoms with Gasteiger partial charge in [0, 0.05) is 17.8 Å². The topological polar surface area (TPSA) is 24.9 Å². The Morgan fingerprint density at radius 2 is 2.19 bits per heavy atom. The molecule has 2 aliphatic rings. The molecular weight excluding hydrogens is 216 g/mol. The molecule has 0 spiro atoms. The van der Waals surface area contributed by atoms with Gasteiger partial charge < -0.3 is 5.32 Å². The molecule has 1 heterocycles. The lowest BCUT2D eigenvalue weighted by atomic mass is 9.91. The molecule has 0 radical (unpaired) electrons. The molecule has 3 unspecified atom stereocenters. The third-order valence-electron chi connectivity index (χ3n) is 4.32. The molecule has 1 aromatic heterocycles. The molecule has 0 amide bonds. The van der Waals surface area contributed by atoms with Crippen molar-refractivity contribution < 1.29 is 0 Å². The van der Waals surface area contributed by atoms with E-state index in [0.29, 0.717) is 6.04 Å². The predicted molar refractivity (Wildman–Crippen MR) is 67.7 cm³/mol. The van der Waals surface area contributed by atoms with Crippen LogP contribution in [0.25, 0.3) is 0 Å². The van der Waals surface area contributed by atoms with Gasteiger partial charge in [-0.05, 0) is 51.0 Å². The van der Waals surface area contributed by atoms with Crippen LogP contribution in [0.15, 0.2) is 5.38 Å². The molecule has 0 aromatic carbocycles. The number of hydrogen-bond donors (Lipinski definition) is 1. The Hall–Kier alpha value is -0.410. The minimum absolute atomic E-state index is 0.648. The van der Waals surface area contributed by atoms with Crippen molar-refractivity contribution in [2.75, 3.05) is 7.05 Å². The minimum atomic E-state index is 0.648. The highest BCUT2D eigenvalue weighted by molar-refractivity contribution is 7.09. The van der Waals surface area contributed by atoms with Crippen LogP contribution in [0.1, 0.15) is 30.0 Å². The normalized spacial score (nSPS) is 33.8. The number of aromatic nitrogens is 1. The summed E-state index contributed by atoms with van der Waals surface area (Å²) in [7, 11) is 2.10. The van der Waals surface area contributed by atoms with Gasteiger partial charge in [0.1, 0.15) is 0 Å². The van der Waals surface area contributed by atoms with Gasteiger partial charge in [-0.1, -0.05) is 0 Å². The lowest BCUT2D eigenvalue weighted by Crippen LogP contribution is -2.35. The summed E-state index contributed by atoms with van der Waals surface area (Å²) < 4.78 is 0. The number of fused-ring (bicyclic) bond motifs is 1. The largest absolute Gasteiger partial charge is 0.316 e. The first kappa shape index (κ1) is 10.7. The third kappa shape index (κ3) is 2.03. The van der Waals surface area contributed by atoms with Gasteiger partial charge in [0.15, 0.2) is 0 Å². The number of nitrogens with one attached hydrogen (secondary N) is 1. The van der Waals surface area contributed by atoms with Crippen LogP contribution in [0.4, 0.5) is 0 Å². The molecule has 2 nitrogen and oxygen atoms in total. The van der Waals surface area contributed by atoms with Crippen LogP contribution in [-0.2, 0) is 6.42 Å². The zero-order valence-corrected chi connectivity index (χ0v) is 10.9. The molecule has 2 aliphatic carbocycles. The van der Waals surface area contributed by atoms with Crippen molar-refractivity contribution in [1.29, 1.82) is 0 Å². The number of rotatable bonds is 4. The fourth-order valence-electron chi connectivity index (χ4n) is 3.32. The minimum Gasteiger partial charge on any atom is -0.316 e. The second-order valence-electron chi connectivity index (χ2n) is 5.44. The molecule has 0 aliphatic heterocycles. The lowest BCUT2D eigenvalue weighted by molar-refractivity contribution is 0.347. The first-order valence-corrected chi connectivity index (χ1v) is 7.22. The Morgan fingerprint density at radius 1 is 1.44 bits per heavy atom. The highest BCUT2D eigenvalue weighted by Crippen LogP contribution is 2.55. The maximum atomic E-state index is 4.58. The Kier molecular flexibility index (Phi) is 2.76. The van der Waals surface area contributed by atoms with Gasteiger partial charge in [-0.2, -0.15) is 0 Å². The van der Waals surface area contributed by atoms with Crippen molar-refractivity contribution in [3.63, 3.8) is 0 Å². The van der Waals surface area contributed by atoms with E-state index in [4.69, 9.17) is 0 Å². The molecule has 16 heavy (non-hydrogen) atoms. The van der Waals surface area contributed by atoms with Crippen LogP contribution in [0.3, 0.4) is 0 Å². The van der Waals surface area contributed by atoms with Gasteiger partial charge in [0.05, 0.1) is 10.7 Å². The van der Waals surface area contributed by atoms with E-state index in [1.165, 1.54) is 30.0 Å². The number of thiazole rings is 1. The van der Waals surface area contributed by atoms with Crippen molar-refractivity contribution in [3.8, 4) is 0 Å². The smallest absolute Gasteiger partial charge is 0.0897 e. The average molecular weight is 236 g/mol. The van der Waals surface area contributed by atoms with Crippen LogP contribution >= 0.6 is 11.3 Å². The lowest BCUT2D eigenvalue weighted by Gasteiger charge is -2.23. The highest BCUT2D eigenvalue weighted by Gasteiger charge is 2.47. The van der Waals surface area contributed by atoms with E-state index in [2.05, 4.69) is 29.7 Å². The van der Waals surface area contributed by atoms with Crippen LogP contribution in [0.5, 0.6) is 0 Å². The summed E-state index contributed by atoms with van der Waals surface area (Å²) in [6.45, 7) is 2.09. The quantitative estimate of drug-likeness (QED) is 0.869. The molecule has 0 saturated heterocycles. The summed E-state index contributed by atoms with van der Waals surface area (Å²) in [5, 5.41) is 6.92. The van der Waals surface area contributed by atoms with E-state index in [-0.39, 0.29) is 0 Å². The van der Waals surface area contributed by atoms with Gasteiger partial charge in [-0.15, -0.1) is 11.3 Å². The Morgan fingerprint density at radius 3 is 2.75 bits per heavy atom. The van der Waals surface area contributed by atoms with Gasteiger partial charge in [0.2, 0.25) is 0 Å². The van der Waals surface area contributed by atoms with E-state index in [1.807, 2.05) is 0 Å². The summed E-state index contributed by atoms with van der Waals surface area (Å²) in [4.78, 5) is 4.58. The number of aryl methyl sites for hydroxylation is 1. The second kappa shape index (κ2) is 4.11. The molecule has 1 aromatic rings. The van der Waals surface area contributed by atoms with E-state index < -0.39 is 0 Å². The second-order valence-corrected chi connectivity index (χ2v) is 6.51. The van der Waals surface area contributed by atoms with E-state index >= 15 is 0 Å². The number of nitrogens with zero attached hydrogens (tertiary/aromatic N) is 1. The van der Waals surface area contributed by atoms with E-state index in [0.717, 1.165) is 24.2 Å². The maximum Gasteiger partial charge on any atom is 0.0897 e. The molecule has 2 saturated carbocycles. The zero-order chi connectivity index (χ0) is 11.1. The molecule has 1 N–H and O–H groups in total. The molecule has 0 bridgehead atoms. The summed E-state index contributed by atoms with van der Waals surface area (Å²) in [5.74, 6) is 3.06. The van der Waals surface area contributed by atoms with Crippen molar-refractivity contribution in [1.82, 2.24) is 10.3 Å². The molecule has 3 atom stereocenters. The van der Waals surface area contributed by atoms with Crippen molar-refractivity contribution in [2.45, 2.75) is 38.6 Å². The Bertz CT molecular complexity index is 364. The molecule has 88 valence electrons. The van der Waals surface area contributed by atoms with Crippen LogP contribution in [-0.4, -0.2) is 18.1 Å². The fourth-order valence-corrected chi connectivity index (χ4v) is 3.95. The first-order chi connectivity index (χ1) is 7.76. The Balaban J connectivity index is 1.62. The predicted octanol–water partition coefficient (Wildman–Crippen LogP) is 2.63. The SMILES string of the molecule is CNC(Cc1csc(C)n1)C1CC2CC2C1. The van der Waals surface area contributed by atoms with Crippen LogP contribution in [0.2, 0.25) is 0 Å².